The standard InChI is InChI=1S/C6H10O6.3Ac/c1-12-6(11)5(10)4(9)3(8)2-7;;;/h4-5,7,9-10H,2H2,1H3;;;. The molecule has 79 valence electrons. The quantitative estimate of drug-likeness (QED) is 0.270. The first-order valence-corrected chi connectivity index (χ1v) is 3.12. The smallest absolute Gasteiger partial charge is 0.337 e. The number of aliphatic hydroxyl groups excluding tert-OH is 3. The number of hydrogen-bond acceptors (Lipinski definition) is 6. The van der Waals surface area contributed by atoms with Gasteiger partial charge in [-0.15, -0.1) is 0 Å². The zero-order chi connectivity index (χ0) is 9.72. The molecule has 0 aliphatic rings. The fourth-order valence-electron chi connectivity index (χ4n) is 0.519. The number of aliphatic hydroxyl groups is 3. The van der Waals surface area contributed by atoms with E-state index in [1.54, 1.807) is 0 Å². The Kier molecular flexibility index (Phi) is 27.5. The largest absolute Gasteiger partial charge is 0.467 e. The van der Waals surface area contributed by atoms with Crippen molar-refractivity contribution < 1.29 is 162 Å². The average molecular weight is 859 g/mol. The number of ether oxygens (including phenoxy) is 1. The maximum absolute atomic E-state index is 10.5. The molecule has 0 amide bonds. The van der Waals surface area contributed by atoms with E-state index < -0.39 is 30.6 Å². The number of Topliss-reactive ketones (excluding diaryl/α,β-unsaturated/α-hetero) is 1. The molecule has 0 spiro atoms. The van der Waals surface area contributed by atoms with Crippen molar-refractivity contribution in [3.63, 3.8) is 0 Å². The normalized spacial score (nSPS) is 12.0. The molecule has 0 aromatic rings. The van der Waals surface area contributed by atoms with Gasteiger partial charge in [0.15, 0.2) is 18.0 Å². The molecule has 9 heteroatoms. The zero-order valence-corrected chi connectivity index (χ0v) is 22.4. The predicted octanol–water partition coefficient (Wildman–Crippen LogP) is -2.56. The Morgan fingerprint density at radius 3 is 1.80 bits per heavy atom. The Balaban J connectivity index is -0.000000202. The number of carbonyl (C=O) groups is 2. The van der Waals surface area contributed by atoms with Gasteiger partial charge in [-0.05, 0) is 0 Å². The second kappa shape index (κ2) is 15.4. The summed E-state index contributed by atoms with van der Waals surface area (Å²) in [4.78, 5) is 21.0. The van der Waals surface area contributed by atoms with Crippen molar-refractivity contribution in [2.24, 2.45) is 0 Å². The Labute approximate surface area is 195 Å². The van der Waals surface area contributed by atoms with Crippen molar-refractivity contribution >= 4 is 11.8 Å². The van der Waals surface area contributed by atoms with E-state index in [1.807, 2.05) is 0 Å². The molecule has 0 aliphatic carbocycles. The van der Waals surface area contributed by atoms with E-state index in [-0.39, 0.29) is 132 Å². The molecule has 0 aromatic carbocycles. The van der Waals surface area contributed by atoms with Crippen molar-refractivity contribution in [3.8, 4) is 0 Å². The van der Waals surface area contributed by atoms with Crippen LogP contribution in [0.5, 0.6) is 0 Å². The van der Waals surface area contributed by atoms with Gasteiger partial charge < -0.3 is 20.1 Å². The number of esters is 1. The molecule has 3 N–H and O–H groups in total. The summed E-state index contributed by atoms with van der Waals surface area (Å²) in [6.07, 6.45) is -3.86. The summed E-state index contributed by atoms with van der Waals surface area (Å²) in [5, 5.41) is 25.9. The second-order valence-electron chi connectivity index (χ2n) is 2.04. The van der Waals surface area contributed by atoms with Crippen LogP contribution in [-0.2, 0) is 14.3 Å². The van der Waals surface area contributed by atoms with Crippen LogP contribution < -0.4 is 0 Å². The Hall–Kier alpha value is 3.34. The van der Waals surface area contributed by atoms with Gasteiger partial charge in [-0.3, -0.25) is 4.79 Å². The van der Waals surface area contributed by atoms with Crippen LogP contribution in [0.25, 0.3) is 0 Å². The molecule has 0 fully saturated rings. The number of hydrogen-bond donors (Lipinski definition) is 3. The van der Waals surface area contributed by atoms with E-state index in [4.69, 9.17) is 15.3 Å². The summed E-state index contributed by atoms with van der Waals surface area (Å²) in [7, 11) is 1.00. The summed E-state index contributed by atoms with van der Waals surface area (Å²) < 4.78 is 4.04. The van der Waals surface area contributed by atoms with Crippen LogP contribution >= 0.6 is 0 Å². The molecular formula is C6H10Ac3O6. The first kappa shape index (κ1) is 26.8. The van der Waals surface area contributed by atoms with Crippen molar-refractivity contribution in [1.29, 1.82) is 0 Å². The van der Waals surface area contributed by atoms with Gasteiger partial charge in [0.1, 0.15) is 6.61 Å². The third-order valence-electron chi connectivity index (χ3n) is 1.23. The Bertz CT molecular complexity index is 168. The van der Waals surface area contributed by atoms with E-state index in [0.29, 0.717) is 0 Å². The molecule has 0 aromatic heterocycles. The fraction of sp³-hybridized carbons (Fsp3) is 0.667. The summed E-state index contributed by atoms with van der Waals surface area (Å²) in [5.41, 5.74) is 0. The molecular weight excluding hydrogens is 849 g/mol. The third kappa shape index (κ3) is 10.9. The van der Waals surface area contributed by atoms with Crippen LogP contribution in [0.1, 0.15) is 0 Å². The van der Waals surface area contributed by atoms with Gasteiger partial charge in [-0.25, -0.2) is 4.79 Å². The first-order chi connectivity index (χ1) is 5.54. The maximum Gasteiger partial charge on any atom is 0.337 e. The minimum absolute atomic E-state index is 0. The first-order valence-electron chi connectivity index (χ1n) is 3.12. The number of carbonyl (C=O) groups excluding carboxylic acids is 2. The van der Waals surface area contributed by atoms with E-state index in [2.05, 4.69) is 4.74 Å². The molecule has 0 heterocycles. The van der Waals surface area contributed by atoms with E-state index in [1.165, 1.54) is 0 Å². The fourth-order valence-corrected chi connectivity index (χ4v) is 0.519. The summed E-state index contributed by atoms with van der Waals surface area (Å²) in [6.45, 7) is -0.935. The van der Waals surface area contributed by atoms with E-state index in [9.17, 15) is 9.59 Å². The topological polar surface area (TPSA) is 104 Å². The molecule has 0 saturated carbocycles. The second-order valence-corrected chi connectivity index (χ2v) is 2.04. The maximum atomic E-state index is 10.5. The SMILES string of the molecule is COC(=O)C(O)C(O)C(=O)CO.[Ac].[Ac].[Ac]. The average Bonchev–Trinajstić information content (AvgIpc) is 2.12. The van der Waals surface area contributed by atoms with E-state index in [0.717, 1.165) is 7.11 Å². The van der Waals surface area contributed by atoms with Crippen LogP contribution in [0, 0.1) is 132 Å². The van der Waals surface area contributed by atoms with E-state index >= 15 is 0 Å². The molecule has 2 unspecified atom stereocenters. The van der Waals surface area contributed by atoms with Crippen molar-refractivity contribution in [2.45, 2.75) is 12.2 Å². The van der Waals surface area contributed by atoms with Crippen LogP contribution in [0.2, 0.25) is 0 Å². The minimum Gasteiger partial charge on any atom is -0.467 e. The van der Waals surface area contributed by atoms with Gasteiger partial charge in [-0.2, -0.15) is 0 Å². The molecule has 15 heavy (non-hydrogen) atoms. The Morgan fingerprint density at radius 1 is 1.13 bits per heavy atom. The summed E-state index contributed by atoms with van der Waals surface area (Å²) in [6, 6.07) is 0. The minimum atomic E-state index is -1.94. The van der Waals surface area contributed by atoms with Crippen molar-refractivity contribution in [3.05, 3.63) is 0 Å². The Morgan fingerprint density at radius 2 is 1.53 bits per heavy atom. The number of rotatable bonds is 4. The molecule has 0 saturated heterocycles. The monoisotopic (exact) mass is 859 g/mol. The van der Waals surface area contributed by atoms with Gasteiger partial charge in [0, 0.05) is 132 Å². The van der Waals surface area contributed by atoms with Crippen LogP contribution in [0.4, 0.5) is 0 Å². The zero-order valence-electron chi connectivity index (χ0n) is 8.16. The molecule has 2 atom stereocenters. The summed E-state index contributed by atoms with van der Waals surface area (Å²) in [5.74, 6) is -2.16. The molecule has 3 radical (unpaired) electrons. The van der Waals surface area contributed by atoms with Gasteiger partial charge in [-0.1, -0.05) is 0 Å². The van der Waals surface area contributed by atoms with Gasteiger partial charge in [0.05, 0.1) is 7.11 Å². The van der Waals surface area contributed by atoms with Crippen molar-refractivity contribution in [1.82, 2.24) is 0 Å². The van der Waals surface area contributed by atoms with Gasteiger partial charge in [0.25, 0.3) is 0 Å². The summed E-state index contributed by atoms with van der Waals surface area (Å²) >= 11 is 0. The molecule has 0 bridgehead atoms. The van der Waals surface area contributed by atoms with Gasteiger partial charge >= 0.3 is 5.97 Å². The van der Waals surface area contributed by atoms with Crippen LogP contribution in [-0.4, -0.2) is 53.0 Å². The number of methoxy groups -OCH3 is 1. The van der Waals surface area contributed by atoms with Gasteiger partial charge in [0.2, 0.25) is 0 Å². The molecule has 0 rings (SSSR count). The predicted molar refractivity (Wildman–Crippen MR) is 36.1 cm³/mol. The molecule has 0 aliphatic heterocycles. The number of ketones is 1. The third-order valence-corrected chi connectivity index (χ3v) is 1.23. The molecule has 6 nitrogen and oxygen atoms in total. The van der Waals surface area contributed by atoms with Crippen LogP contribution in [0.15, 0.2) is 0 Å². The van der Waals surface area contributed by atoms with Crippen molar-refractivity contribution in [2.75, 3.05) is 13.7 Å². The van der Waals surface area contributed by atoms with Crippen LogP contribution in [0.3, 0.4) is 0 Å².